The normalized spacial score (nSPS) is 13.6. The summed E-state index contributed by atoms with van der Waals surface area (Å²) >= 11 is 0. The van der Waals surface area contributed by atoms with Crippen LogP contribution in [0.15, 0.2) is 48.5 Å². The average molecular weight is 405 g/mol. The lowest BCUT2D eigenvalue weighted by atomic mass is 9.92. The molecule has 0 atom stereocenters. The molecule has 3 aromatic rings. The zero-order valence-electron chi connectivity index (χ0n) is 18.0. The van der Waals surface area contributed by atoms with E-state index in [4.69, 9.17) is 9.84 Å². The Kier molecular flexibility index (Phi) is 5.35. The van der Waals surface area contributed by atoms with Crippen LogP contribution in [0.5, 0.6) is 0 Å². The van der Waals surface area contributed by atoms with Crippen LogP contribution in [0.1, 0.15) is 43.2 Å². The number of amides is 2. The molecule has 1 aromatic heterocycles. The molecule has 156 valence electrons. The zero-order valence-corrected chi connectivity index (χ0v) is 18.0. The number of urea groups is 1. The summed E-state index contributed by atoms with van der Waals surface area (Å²) in [5, 5.41) is 10.8. The summed E-state index contributed by atoms with van der Waals surface area (Å²) in [6.07, 6.45) is 0.793. The van der Waals surface area contributed by atoms with Crippen LogP contribution in [-0.2, 0) is 23.2 Å². The Hall–Kier alpha value is -3.12. The van der Waals surface area contributed by atoms with Crippen molar-refractivity contribution in [2.24, 2.45) is 0 Å². The maximum Gasteiger partial charge on any atom is 0.324 e. The standard InChI is InChI=1S/C24H28N4O2/c1-16-8-5-6-11-20(16)28-22(14-21(27-28)24(2,3)4)26-23(29)25-19-10-7-9-17-15-30-13-12-18(17)19/h5-11,14H,12-13,15H2,1-4H3,(H2,25,26,29). The quantitative estimate of drug-likeness (QED) is 0.631. The van der Waals surface area contributed by atoms with E-state index in [9.17, 15) is 4.79 Å². The largest absolute Gasteiger partial charge is 0.376 e. The number of para-hydroxylation sites is 1. The van der Waals surface area contributed by atoms with Crippen LogP contribution >= 0.6 is 0 Å². The minimum Gasteiger partial charge on any atom is -0.376 e. The van der Waals surface area contributed by atoms with Gasteiger partial charge in [0.05, 0.1) is 24.6 Å². The Bertz CT molecular complexity index is 1080. The van der Waals surface area contributed by atoms with Gasteiger partial charge in [-0.3, -0.25) is 5.32 Å². The molecular formula is C24H28N4O2. The Morgan fingerprint density at radius 3 is 2.67 bits per heavy atom. The van der Waals surface area contributed by atoms with Gasteiger partial charge in [0.15, 0.2) is 0 Å². The number of carbonyl (C=O) groups excluding carboxylic acids is 1. The van der Waals surface area contributed by atoms with Gasteiger partial charge in [0.1, 0.15) is 5.82 Å². The topological polar surface area (TPSA) is 68.2 Å². The van der Waals surface area contributed by atoms with Crippen LogP contribution in [0.3, 0.4) is 0 Å². The average Bonchev–Trinajstić information content (AvgIpc) is 3.12. The fourth-order valence-corrected chi connectivity index (χ4v) is 3.63. The summed E-state index contributed by atoms with van der Waals surface area (Å²) in [7, 11) is 0. The van der Waals surface area contributed by atoms with Crippen molar-refractivity contribution in [3.8, 4) is 5.69 Å². The number of hydrogen-bond donors (Lipinski definition) is 2. The summed E-state index contributed by atoms with van der Waals surface area (Å²) in [5.74, 6) is 0.639. The predicted molar refractivity (Wildman–Crippen MR) is 119 cm³/mol. The fourth-order valence-electron chi connectivity index (χ4n) is 3.63. The molecule has 0 fully saturated rings. The van der Waals surface area contributed by atoms with Crippen molar-refractivity contribution in [2.75, 3.05) is 17.2 Å². The van der Waals surface area contributed by atoms with Crippen LogP contribution in [-0.4, -0.2) is 22.4 Å². The Morgan fingerprint density at radius 1 is 1.10 bits per heavy atom. The van der Waals surface area contributed by atoms with Gasteiger partial charge >= 0.3 is 6.03 Å². The van der Waals surface area contributed by atoms with Crippen LogP contribution in [0, 0.1) is 6.92 Å². The molecule has 30 heavy (non-hydrogen) atoms. The summed E-state index contributed by atoms with van der Waals surface area (Å²) in [6.45, 7) is 9.62. The van der Waals surface area contributed by atoms with Gasteiger partial charge in [-0.2, -0.15) is 5.10 Å². The summed E-state index contributed by atoms with van der Waals surface area (Å²) in [5.41, 5.74) is 5.89. The third-order valence-electron chi connectivity index (χ3n) is 5.34. The second-order valence-corrected chi connectivity index (χ2v) is 8.69. The molecule has 0 unspecified atom stereocenters. The maximum absolute atomic E-state index is 12.9. The molecule has 6 nitrogen and oxygen atoms in total. The minimum absolute atomic E-state index is 0.140. The highest BCUT2D eigenvalue weighted by Gasteiger charge is 2.22. The lowest BCUT2D eigenvalue weighted by Crippen LogP contribution is -2.23. The molecule has 0 aliphatic carbocycles. The van der Waals surface area contributed by atoms with E-state index in [0.29, 0.717) is 19.0 Å². The third kappa shape index (κ3) is 4.09. The van der Waals surface area contributed by atoms with Crippen molar-refractivity contribution >= 4 is 17.5 Å². The monoisotopic (exact) mass is 404 g/mol. The maximum atomic E-state index is 12.9. The van der Waals surface area contributed by atoms with E-state index >= 15 is 0 Å². The van der Waals surface area contributed by atoms with Gasteiger partial charge < -0.3 is 10.1 Å². The third-order valence-corrected chi connectivity index (χ3v) is 5.34. The van der Waals surface area contributed by atoms with Crippen LogP contribution < -0.4 is 10.6 Å². The number of aryl methyl sites for hydroxylation is 1. The molecule has 1 aliphatic heterocycles. The van der Waals surface area contributed by atoms with Crippen LogP contribution in [0.4, 0.5) is 16.3 Å². The van der Waals surface area contributed by atoms with Crippen molar-refractivity contribution in [3.05, 3.63) is 70.9 Å². The fraction of sp³-hybridized carbons (Fsp3) is 0.333. The van der Waals surface area contributed by atoms with Crippen molar-refractivity contribution in [2.45, 2.75) is 46.1 Å². The van der Waals surface area contributed by atoms with Crippen LogP contribution in [0.2, 0.25) is 0 Å². The highest BCUT2D eigenvalue weighted by molar-refractivity contribution is 6.00. The second-order valence-electron chi connectivity index (χ2n) is 8.69. The molecule has 4 rings (SSSR count). The molecular weight excluding hydrogens is 376 g/mol. The highest BCUT2D eigenvalue weighted by Crippen LogP contribution is 2.28. The van der Waals surface area contributed by atoms with Gasteiger partial charge in [0.2, 0.25) is 0 Å². The van der Waals surface area contributed by atoms with Crippen LogP contribution in [0.25, 0.3) is 5.69 Å². The van der Waals surface area contributed by atoms with Crippen molar-refractivity contribution in [1.82, 2.24) is 9.78 Å². The molecule has 0 saturated carbocycles. The number of nitrogens with one attached hydrogen (secondary N) is 2. The first-order chi connectivity index (χ1) is 14.3. The first-order valence-corrected chi connectivity index (χ1v) is 10.3. The van der Waals surface area contributed by atoms with Gasteiger partial charge in [-0.15, -0.1) is 0 Å². The van der Waals surface area contributed by atoms with Gasteiger partial charge in [0.25, 0.3) is 0 Å². The lowest BCUT2D eigenvalue weighted by molar-refractivity contribution is 0.111. The van der Waals surface area contributed by atoms with Gasteiger partial charge in [0, 0.05) is 17.2 Å². The van der Waals surface area contributed by atoms with E-state index in [1.165, 1.54) is 0 Å². The number of fused-ring (bicyclic) bond motifs is 1. The molecule has 0 radical (unpaired) electrons. The number of carbonyl (C=O) groups is 1. The second kappa shape index (κ2) is 7.95. The molecule has 0 bridgehead atoms. The Balaban J connectivity index is 1.64. The van der Waals surface area contributed by atoms with E-state index < -0.39 is 0 Å². The van der Waals surface area contributed by atoms with Crippen molar-refractivity contribution in [3.63, 3.8) is 0 Å². The number of anilines is 2. The molecule has 2 aromatic carbocycles. The van der Waals surface area contributed by atoms with Gasteiger partial charge in [-0.1, -0.05) is 51.1 Å². The van der Waals surface area contributed by atoms with Crippen molar-refractivity contribution in [1.29, 1.82) is 0 Å². The molecule has 6 heteroatoms. The number of hydrogen-bond acceptors (Lipinski definition) is 3. The molecule has 2 heterocycles. The smallest absolute Gasteiger partial charge is 0.324 e. The number of ether oxygens (including phenoxy) is 1. The number of aromatic nitrogens is 2. The predicted octanol–water partition coefficient (Wildman–Crippen LogP) is 5.19. The van der Waals surface area contributed by atoms with E-state index in [1.807, 2.05) is 60.1 Å². The van der Waals surface area contributed by atoms with E-state index in [0.717, 1.165) is 40.2 Å². The van der Waals surface area contributed by atoms with E-state index in [1.54, 1.807) is 0 Å². The summed E-state index contributed by atoms with van der Waals surface area (Å²) < 4.78 is 7.33. The SMILES string of the molecule is Cc1ccccc1-n1nc(C(C)(C)C)cc1NC(=O)Nc1cccc2c1CCOC2. The van der Waals surface area contributed by atoms with Gasteiger partial charge in [-0.05, 0) is 42.2 Å². The first-order valence-electron chi connectivity index (χ1n) is 10.3. The first kappa shape index (κ1) is 20.2. The number of rotatable bonds is 3. The Morgan fingerprint density at radius 2 is 1.90 bits per heavy atom. The van der Waals surface area contributed by atoms with E-state index in [2.05, 4.69) is 31.4 Å². The molecule has 2 N–H and O–H groups in total. The zero-order chi connectivity index (χ0) is 21.3. The van der Waals surface area contributed by atoms with E-state index in [-0.39, 0.29) is 11.4 Å². The summed E-state index contributed by atoms with van der Waals surface area (Å²) in [4.78, 5) is 12.9. The van der Waals surface area contributed by atoms with Crippen molar-refractivity contribution < 1.29 is 9.53 Å². The minimum atomic E-state index is -0.287. The molecule has 0 spiro atoms. The highest BCUT2D eigenvalue weighted by atomic mass is 16.5. The lowest BCUT2D eigenvalue weighted by Gasteiger charge is -2.20. The number of benzene rings is 2. The molecule has 0 saturated heterocycles. The molecule has 2 amide bonds. The molecule has 1 aliphatic rings. The Labute approximate surface area is 177 Å². The number of nitrogens with zero attached hydrogens (tertiary/aromatic N) is 2. The van der Waals surface area contributed by atoms with Gasteiger partial charge in [-0.25, -0.2) is 9.48 Å². The summed E-state index contributed by atoms with van der Waals surface area (Å²) in [6, 6.07) is 15.6.